The van der Waals surface area contributed by atoms with Crippen molar-refractivity contribution in [2.75, 3.05) is 19.0 Å². The number of nitrogens with zero attached hydrogens (tertiary/aromatic N) is 1. The second kappa shape index (κ2) is 6.93. The minimum atomic E-state index is -0.396. The van der Waals surface area contributed by atoms with Gasteiger partial charge in [-0.25, -0.2) is 0 Å². The number of nitro groups is 1. The molecule has 1 aromatic carbocycles. The van der Waals surface area contributed by atoms with Gasteiger partial charge in [0.25, 0.3) is 5.69 Å². The van der Waals surface area contributed by atoms with E-state index in [2.05, 4.69) is 10.6 Å². The zero-order valence-electron chi connectivity index (χ0n) is 10.6. The number of benzene rings is 1. The van der Waals surface area contributed by atoms with Gasteiger partial charge in [-0.05, 0) is 25.0 Å². The normalized spacial score (nSPS) is 12.2. The van der Waals surface area contributed by atoms with Crippen molar-refractivity contribution < 1.29 is 10.0 Å². The molecule has 0 radical (unpaired) electrons. The molecule has 0 aliphatic carbocycles. The van der Waals surface area contributed by atoms with Crippen LogP contribution >= 0.6 is 0 Å². The number of aliphatic hydroxyl groups is 1. The third kappa shape index (κ3) is 3.97. The summed E-state index contributed by atoms with van der Waals surface area (Å²) in [5.41, 5.74) is 1.43. The van der Waals surface area contributed by atoms with Crippen molar-refractivity contribution >= 4 is 11.4 Å². The first-order valence-corrected chi connectivity index (χ1v) is 5.87. The zero-order valence-corrected chi connectivity index (χ0v) is 10.6. The smallest absolute Gasteiger partial charge is 0.292 e. The minimum Gasteiger partial charge on any atom is -0.396 e. The van der Waals surface area contributed by atoms with Crippen molar-refractivity contribution in [1.82, 2.24) is 5.32 Å². The average molecular weight is 253 g/mol. The van der Waals surface area contributed by atoms with Gasteiger partial charge >= 0.3 is 0 Å². The van der Waals surface area contributed by atoms with Crippen LogP contribution < -0.4 is 10.6 Å². The molecule has 0 bridgehead atoms. The lowest BCUT2D eigenvalue weighted by atomic mass is 10.1. The van der Waals surface area contributed by atoms with Crippen LogP contribution in [0.4, 0.5) is 11.4 Å². The molecule has 1 rings (SSSR count). The minimum absolute atomic E-state index is 0.0756. The van der Waals surface area contributed by atoms with Crippen LogP contribution in [0.5, 0.6) is 0 Å². The quantitative estimate of drug-likeness (QED) is 0.506. The van der Waals surface area contributed by atoms with Gasteiger partial charge in [0.15, 0.2) is 0 Å². The molecule has 18 heavy (non-hydrogen) atoms. The van der Waals surface area contributed by atoms with Gasteiger partial charge in [-0.15, -0.1) is 0 Å². The Bertz CT molecular complexity index is 410. The number of anilines is 1. The second-order valence-electron chi connectivity index (χ2n) is 4.15. The lowest BCUT2D eigenvalue weighted by Crippen LogP contribution is -2.26. The predicted molar refractivity (Wildman–Crippen MR) is 70.6 cm³/mol. The van der Waals surface area contributed by atoms with Crippen molar-refractivity contribution in [2.24, 2.45) is 0 Å². The summed E-state index contributed by atoms with van der Waals surface area (Å²) in [6.45, 7) is 2.64. The van der Waals surface area contributed by atoms with Gasteiger partial charge in [0.05, 0.1) is 4.92 Å². The molecule has 0 aromatic heterocycles. The van der Waals surface area contributed by atoms with Gasteiger partial charge < -0.3 is 15.7 Å². The molecule has 0 spiro atoms. The first-order valence-electron chi connectivity index (χ1n) is 5.87. The van der Waals surface area contributed by atoms with E-state index in [1.54, 1.807) is 19.2 Å². The van der Waals surface area contributed by atoms with Crippen LogP contribution in [0.2, 0.25) is 0 Å². The number of nitro benzene ring substituents is 1. The van der Waals surface area contributed by atoms with Gasteiger partial charge in [-0.3, -0.25) is 10.1 Å². The highest BCUT2D eigenvalue weighted by atomic mass is 16.6. The molecule has 0 saturated carbocycles. The first-order chi connectivity index (χ1) is 8.58. The molecule has 100 valence electrons. The fourth-order valence-corrected chi connectivity index (χ4v) is 1.64. The SMILES string of the molecule is CNc1ccc(CNC(C)CCO)cc1[N+](=O)[O-]. The van der Waals surface area contributed by atoms with Crippen molar-refractivity contribution in [3.8, 4) is 0 Å². The van der Waals surface area contributed by atoms with Crippen LogP contribution in [0, 0.1) is 10.1 Å². The van der Waals surface area contributed by atoms with E-state index >= 15 is 0 Å². The van der Waals surface area contributed by atoms with Crippen molar-refractivity contribution in [3.05, 3.63) is 33.9 Å². The molecule has 6 heteroatoms. The summed E-state index contributed by atoms with van der Waals surface area (Å²) < 4.78 is 0. The van der Waals surface area contributed by atoms with E-state index in [1.165, 1.54) is 0 Å². The monoisotopic (exact) mass is 253 g/mol. The summed E-state index contributed by atoms with van der Waals surface area (Å²) >= 11 is 0. The van der Waals surface area contributed by atoms with E-state index in [4.69, 9.17) is 5.11 Å². The molecule has 0 heterocycles. The van der Waals surface area contributed by atoms with E-state index in [0.717, 1.165) is 5.56 Å². The van der Waals surface area contributed by atoms with Crippen molar-refractivity contribution in [1.29, 1.82) is 0 Å². The molecule has 1 unspecified atom stereocenters. The number of hydrogen-bond donors (Lipinski definition) is 3. The Morgan fingerprint density at radius 2 is 2.22 bits per heavy atom. The molecule has 1 atom stereocenters. The molecule has 0 saturated heterocycles. The molecule has 0 amide bonds. The third-order valence-electron chi connectivity index (χ3n) is 2.74. The number of rotatable bonds is 7. The van der Waals surface area contributed by atoms with Crippen LogP contribution in [0.25, 0.3) is 0 Å². The summed E-state index contributed by atoms with van der Waals surface area (Å²) in [5, 5.41) is 25.7. The molecule has 6 nitrogen and oxygen atoms in total. The van der Waals surface area contributed by atoms with Crippen LogP contribution in [0.15, 0.2) is 18.2 Å². The van der Waals surface area contributed by atoms with E-state index in [9.17, 15) is 10.1 Å². The summed E-state index contributed by atoms with van der Waals surface area (Å²) in [5.74, 6) is 0. The molecule has 0 fully saturated rings. The predicted octanol–water partition coefficient (Wildman–Crippen LogP) is 1.50. The number of nitrogens with one attached hydrogen (secondary N) is 2. The highest BCUT2D eigenvalue weighted by Crippen LogP contribution is 2.24. The highest BCUT2D eigenvalue weighted by Gasteiger charge is 2.13. The van der Waals surface area contributed by atoms with Gasteiger partial charge in [-0.2, -0.15) is 0 Å². The molecule has 0 aliphatic rings. The number of aliphatic hydroxyl groups excluding tert-OH is 1. The molecule has 3 N–H and O–H groups in total. The van der Waals surface area contributed by atoms with Gasteiger partial charge in [0.1, 0.15) is 5.69 Å². The van der Waals surface area contributed by atoms with E-state index < -0.39 is 4.92 Å². The van der Waals surface area contributed by atoms with Crippen LogP contribution in [-0.2, 0) is 6.54 Å². The van der Waals surface area contributed by atoms with Gasteiger partial charge in [0, 0.05) is 32.3 Å². The molecule has 1 aromatic rings. The Kier molecular flexibility index (Phi) is 5.54. The Morgan fingerprint density at radius 3 is 2.78 bits per heavy atom. The Balaban J connectivity index is 2.73. The highest BCUT2D eigenvalue weighted by molar-refractivity contribution is 5.62. The summed E-state index contributed by atoms with van der Waals surface area (Å²) in [7, 11) is 1.66. The maximum absolute atomic E-state index is 10.9. The van der Waals surface area contributed by atoms with Gasteiger partial charge in [0.2, 0.25) is 0 Å². The lowest BCUT2D eigenvalue weighted by Gasteiger charge is -2.12. The summed E-state index contributed by atoms with van der Waals surface area (Å²) in [4.78, 5) is 10.5. The first kappa shape index (κ1) is 14.4. The van der Waals surface area contributed by atoms with Crippen LogP contribution in [0.1, 0.15) is 18.9 Å². The second-order valence-corrected chi connectivity index (χ2v) is 4.15. The summed E-state index contributed by atoms with van der Waals surface area (Å²) in [6.07, 6.45) is 0.663. The molecular formula is C12H19N3O3. The lowest BCUT2D eigenvalue weighted by molar-refractivity contribution is -0.384. The Labute approximate surface area is 106 Å². The topological polar surface area (TPSA) is 87.4 Å². The van der Waals surface area contributed by atoms with E-state index in [0.29, 0.717) is 18.7 Å². The van der Waals surface area contributed by atoms with Crippen LogP contribution in [0.3, 0.4) is 0 Å². The third-order valence-corrected chi connectivity index (χ3v) is 2.74. The molecular weight excluding hydrogens is 234 g/mol. The maximum Gasteiger partial charge on any atom is 0.292 e. The van der Waals surface area contributed by atoms with Crippen molar-refractivity contribution in [3.63, 3.8) is 0 Å². The fraction of sp³-hybridized carbons (Fsp3) is 0.500. The van der Waals surface area contributed by atoms with Gasteiger partial charge in [-0.1, -0.05) is 6.07 Å². The average Bonchev–Trinajstić information content (AvgIpc) is 2.36. The zero-order chi connectivity index (χ0) is 13.5. The van der Waals surface area contributed by atoms with E-state index in [-0.39, 0.29) is 18.3 Å². The van der Waals surface area contributed by atoms with E-state index in [1.807, 2.05) is 13.0 Å². The Hall–Kier alpha value is -1.66. The maximum atomic E-state index is 10.9. The molecule has 0 aliphatic heterocycles. The van der Waals surface area contributed by atoms with Crippen LogP contribution in [-0.4, -0.2) is 29.7 Å². The number of hydrogen-bond acceptors (Lipinski definition) is 5. The summed E-state index contributed by atoms with van der Waals surface area (Å²) in [6, 6.07) is 5.28. The fourth-order valence-electron chi connectivity index (χ4n) is 1.64. The standard InChI is InChI=1S/C12H19N3O3/c1-9(5-6-16)14-8-10-3-4-11(13-2)12(7-10)15(17)18/h3-4,7,9,13-14,16H,5-6,8H2,1-2H3. The largest absolute Gasteiger partial charge is 0.396 e. The van der Waals surface area contributed by atoms with Crippen molar-refractivity contribution in [2.45, 2.75) is 25.9 Å². The Morgan fingerprint density at radius 1 is 1.50 bits per heavy atom.